The number of halogens is 3. The van der Waals surface area contributed by atoms with Gasteiger partial charge in [-0.15, -0.1) is 0 Å². The number of piperidine rings is 4. The highest BCUT2D eigenvalue weighted by Gasteiger charge is 2.59. The Labute approximate surface area is 433 Å². The van der Waals surface area contributed by atoms with Crippen molar-refractivity contribution in [1.29, 1.82) is 5.26 Å². The van der Waals surface area contributed by atoms with Crippen LogP contribution in [0.4, 0.5) is 24.5 Å². The predicted molar refractivity (Wildman–Crippen MR) is 275 cm³/mol. The fraction of sp³-hybridized carbons (Fsp3) is 0.439. The van der Waals surface area contributed by atoms with Crippen LogP contribution < -0.4 is 30.3 Å². The van der Waals surface area contributed by atoms with Crippen molar-refractivity contribution < 1.29 is 46.6 Å². The molecule has 5 amide bonds. The Kier molecular flexibility index (Phi) is 14.6. The second-order valence-electron chi connectivity index (χ2n) is 20.7. The molecule has 4 fully saturated rings. The number of benzene rings is 4. The molecule has 392 valence electrons. The molecule has 5 aliphatic heterocycles. The average Bonchev–Trinajstić information content (AvgIpc) is 3.77. The van der Waals surface area contributed by atoms with E-state index in [-0.39, 0.29) is 73.9 Å². The number of hydrogen-bond acceptors (Lipinski definition) is 10. The summed E-state index contributed by atoms with van der Waals surface area (Å²) in [5, 5.41) is 18.7. The molecule has 2 atom stereocenters. The Morgan fingerprint density at radius 3 is 2.35 bits per heavy atom. The number of imide groups is 1. The maximum atomic E-state index is 15.2. The number of hydrogen-bond donors (Lipinski definition) is 3. The fourth-order valence-corrected chi connectivity index (χ4v) is 11.7. The summed E-state index contributed by atoms with van der Waals surface area (Å²) in [4.78, 5) is 70.7. The number of aryl methyl sites for hydroxylation is 1. The number of carbonyl (C=O) groups excluding carboxylic acids is 5. The smallest absolute Gasteiger partial charge is 0.428 e. The molecule has 1 unspecified atom stereocenters. The van der Waals surface area contributed by atoms with E-state index in [2.05, 4.69) is 44.0 Å². The van der Waals surface area contributed by atoms with Crippen molar-refractivity contribution in [2.75, 3.05) is 69.2 Å². The van der Waals surface area contributed by atoms with Gasteiger partial charge < -0.3 is 39.4 Å². The number of nitrogens with one attached hydrogen (secondary N) is 3. The Morgan fingerprint density at radius 2 is 1.60 bits per heavy atom. The van der Waals surface area contributed by atoms with Gasteiger partial charge in [-0.25, -0.2) is 0 Å². The second kappa shape index (κ2) is 21.5. The van der Waals surface area contributed by atoms with Crippen molar-refractivity contribution >= 4 is 51.8 Å². The molecule has 18 heteroatoms. The Balaban J connectivity index is 0.688. The Morgan fingerprint density at radius 1 is 0.840 bits per heavy atom. The van der Waals surface area contributed by atoms with Crippen LogP contribution in [-0.2, 0) is 31.0 Å². The molecule has 0 spiro atoms. The number of ether oxygens (including phenoxy) is 2. The maximum absolute atomic E-state index is 15.2. The van der Waals surface area contributed by atoms with Gasteiger partial charge >= 0.3 is 6.18 Å². The number of likely N-dealkylation sites (tertiary alicyclic amines) is 2. The van der Waals surface area contributed by atoms with Gasteiger partial charge in [0.05, 0.1) is 35.7 Å². The Bertz CT molecular complexity index is 3040. The molecule has 3 N–H and O–H groups in total. The topological polar surface area (TPSA) is 178 Å². The minimum atomic E-state index is -4.79. The van der Waals surface area contributed by atoms with Crippen LogP contribution in [0, 0.1) is 23.2 Å². The van der Waals surface area contributed by atoms with E-state index >= 15 is 13.2 Å². The fourth-order valence-electron chi connectivity index (χ4n) is 11.7. The lowest BCUT2D eigenvalue weighted by Crippen LogP contribution is -2.58. The summed E-state index contributed by atoms with van der Waals surface area (Å²) in [5.74, 6) is -1.65. The molecule has 4 saturated heterocycles. The molecule has 0 aliphatic carbocycles. The number of para-hydroxylation sites is 1. The first-order chi connectivity index (χ1) is 36.2. The number of carbonyl (C=O) groups is 5. The van der Waals surface area contributed by atoms with Crippen LogP contribution in [0.25, 0.3) is 22.2 Å². The lowest BCUT2D eigenvalue weighted by atomic mass is 9.86. The van der Waals surface area contributed by atoms with E-state index in [0.29, 0.717) is 58.0 Å². The lowest BCUT2D eigenvalue weighted by molar-refractivity contribution is -0.260. The van der Waals surface area contributed by atoms with Gasteiger partial charge in [0.25, 0.3) is 0 Å². The van der Waals surface area contributed by atoms with Crippen LogP contribution >= 0.6 is 0 Å². The van der Waals surface area contributed by atoms with Gasteiger partial charge in [0.2, 0.25) is 35.1 Å². The molecule has 0 bridgehead atoms. The summed E-state index contributed by atoms with van der Waals surface area (Å²) in [5.41, 5.74) is 2.58. The minimum Gasteiger partial charge on any atom is -0.492 e. The summed E-state index contributed by atoms with van der Waals surface area (Å²) < 4.78 is 59.6. The van der Waals surface area contributed by atoms with Gasteiger partial charge in [-0.2, -0.15) is 18.4 Å². The zero-order valence-electron chi connectivity index (χ0n) is 41.9. The number of rotatable bonds is 13. The van der Waals surface area contributed by atoms with Gasteiger partial charge in [-0.3, -0.25) is 29.3 Å². The van der Waals surface area contributed by atoms with Gasteiger partial charge in [0.1, 0.15) is 18.1 Å². The van der Waals surface area contributed by atoms with Crippen molar-refractivity contribution in [1.82, 2.24) is 25.0 Å². The van der Waals surface area contributed by atoms with Crippen LogP contribution in [-0.4, -0.2) is 115 Å². The summed E-state index contributed by atoms with van der Waals surface area (Å²) in [6.45, 7) is 4.44. The third-order valence-corrected chi connectivity index (χ3v) is 16.1. The highest BCUT2D eigenvalue weighted by Crippen LogP contribution is 2.46. The van der Waals surface area contributed by atoms with Crippen molar-refractivity contribution in [3.63, 3.8) is 0 Å². The summed E-state index contributed by atoms with van der Waals surface area (Å²) >= 11 is 0. The standard InChI is InChI=1S/C57H61F3N8O7/c1-65-48-10-5-7-39(34-61)44(48)32-49(65)43-9-2-3-11-50(43)75-56(57(58,59)60)20-27-68(28-21-56)55(73)46-33-52(70)63-47-14-12-41(31-45(46)47)74-29-22-62-53(71)37-18-23-66(24-19-37)35-36-16-25-67(26-17-36)40-8-4-6-38(30-40)42-13-15-51(69)64-54(42)72/h2-12,14,30-32,36-37,42,46H,13,15-29,33,35H2,1H3,(H,62,71)(H,63,70)(H,64,69,72)/t42?,46-/m0/s1. The number of amides is 5. The number of fused-ring (bicyclic) bond motifs is 2. The summed E-state index contributed by atoms with van der Waals surface area (Å²) in [6, 6.07) is 28.9. The molecular weight excluding hydrogens is 966 g/mol. The number of nitrogens with zero attached hydrogens (tertiary/aromatic N) is 5. The highest BCUT2D eigenvalue weighted by molar-refractivity contribution is 6.02. The molecule has 5 aliphatic rings. The van der Waals surface area contributed by atoms with Crippen LogP contribution in [0.15, 0.2) is 91.0 Å². The van der Waals surface area contributed by atoms with Crippen molar-refractivity contribution in [3.8, 4) is 28.8 Å². The third-order valence-electron chi connectivity index (χ3n) is 16.1. The molecule has 0 saturated carbocycles. The zero-order valence-corrected chi connectivity index (χ0v) is 41.9. The first kappa shape index (κ1) is 51.1. The molecule has 10 rings (SSSR count). The Hall–Kier alpha value is -7.39. The lowest BCUT2D eigenvalue weighted by Gasteiger charge is -2.43. The van der Waals surface area contributed by atoms with Crippen LogP contribution in [0.3, 0.4) is 0 Å². The number of alkyl halides is 3. The van der Waals surface area contributed by atoms with E-state index in [1.54, 1.807) is 61.6 Å². The molecule has 4 aromatic carbocycles. The molecular formula is C57H61F3N8O7. The number of nitriles is 1. The van der Waals surface area contributed by atoms with Crippen LogP contribution in [0.2, 0.25) is 0 Å². The third kappa shape index (κ3) is 10.8. The molecule has 15 nitrogen and oxygen atoms in total. The molecule has 0 radical (unpaired) electrons. The van der Waals surface area contributed by atoms with Gasteiger partial charge in [0.15, 0.2) is 0 Å². The molecule has 6 heterocycles. The molecule has 75 heavy (non-hydrogen) atoms. The molecule has 5 aromatic rings. The van der Waals surface area contributed by atoms with E-state index in [1.165, 1.54) is 11.0 Å². The van der Waals surface area contributed by atoms with Crippen LogP contribution in [0.5, 0.6) is 11.5 Å². The number of anilines is 2. The first-order valence-electron chi connectivity index (χ1n) is 26.0. The average molecular weight is 1030 g/mol. The van der Waals surface area contributed by atoms with Gasteiger partial charge in [0, 0.05) is 99.2 Å². The van der Waals surface area contributed by atoms with E-state index in [0.717, 1.165) is 75.2 Å². The van der Waals surface area contributed by atoms with Crippen molar-refractivity contribution in [3.05, 3.63) is 108 Å². The monoisotopic (exact) mass is 1030 g/mol. The van der Waals surface area contributed by atoms with Crippen molar-refractivity contribution in [2.45, 2.75) is 81.4 Å². The molecule has 1 aromatic heterocycles. The van der Waals surface area contributed by atoms with Gasteiger partial charge in [-0.05, 0) is 123 Å². The largest absolute Gasteiger partial charge is 0.492 e. The quantitative estimate of drug-likeness (QED) is 0.0779. The van der Waals surface area contributed by atoms with E-state index in [4.69, 9.17) is 9.47 Å². The highest BCUT2D eigenvalue weighted by atomic mass is 19.4. The zero-order chi connectivity index (χ0) is 52.4. The second-order valence-corrected chi connectivity index (χ2v) is 20.7. The SMILES string of the molecule is Cn1c(-c2ccccc2OC2(C(F)(F)F)CCN(C(=O)[C@H]3CC(=O)Nc4ccc(OCCNC(=O)C5CCN(CC6CCN(c7cccc(C8CCC(=O)NC8=O)c7)CC6)CC5)cc43)CC2)cc2c(C#N)cccc21. The van der Waals surface area contributed by atoms with E-state index in [1.807, 2.05) is 22.8 Å². The van der Waals surface area contributed by atoms with Gasteiger partial charge in [-0.1, -0.05) is 30.3 Å². The maximum Gasteiger partial charge on any atom is 0.428 e. The van der Waals surface area contributed by atoms with Crippen LogP contribution in [0.1, 0.15) is 86.3 Å². The van der Waals surface area contributed by atoms with E-state index in [9.17, 15) is 29.2 Å². The first-order valence-corrected chi connectivity index (χ1v) is 26.0. The number of aromatic nitrogens is 1. The van der Waals surface area contributed by atoms with Crippen molar-refractivity contribution in [2.24, 2.45) is 18.9 Å². The summed E-state index contributed by atoms with van der Waals surface area (Å²) in [7, 11) is 1.79. The minimum absolute atomic E-state index is 0.0181. The normalized spacial score (nSPS) is 20.7. The predicted octanol–water partition coefficient (Wildman–Crippen LogP) is 7.79. The summed E-state index contributed by atoms with van der Waals surface area (Å²) in [6.07, 6.45) is -1.52. The van der Waals surface area contributed by atoms with E-state index < -0.39 is 36.4 Å².